The maximum absolute atomic E-state index is 13.4. The van der Waals surface area contributed by atoms with Gasteiger partial charge in [-0.05, 0) is 85.5 Å². The summed E-state index contributed by atoms with van der Waals surface area (Å²) in [6.07, 6.45) is 4.96. The highest BCUT2D eigenvalue weighted by Gasteiger charge is 2.68. The van der Waals surface area contributed by atoms with E-state index >= 15 is 0 Å². The number of nitrogens with zero attached hydrogens (tertiary/aromatic N) is 1. The molecule has 0 radical (unpaired) electrons. The second-order valence-electron chi connectivity index (χ2n) is 12.2. The quantitative estimate of drug-likeness (QED) is 0.300. The fourth-order valence-corrected chi connectivity index (χ4v) is 8.35. The molecule has 0 aromatic heterocycles. The molecule has 0 spiro atoms. The number of carbonyl (C=O) groups excluding carboxylic acids is 3. The minimum Gasteiger partial charge on any atom is -0.454 e. The van der Waals surface area contributed by atoms with Crippen molar-refractivity contribution in [1.29, 1.82) is 0 Å². The molecule has 0 amide bonds. The SMILES string of the molecule is C[C@]12CCC(=O)C=C1CC[C@@H]1C2[C@@H](O)C[C@@]2(C)C1CC[C@]2(O)C(=O)COC(=O)c1ccc(CO[N+](=O)[O-])cc1. The molecule has 1 aromatic rings. The molecule has 210 valence electrons. The Morgan fingerprint density at radius 3 is 2.54 bits per heavy atom. The summed E-state index contributed by atoms with van der Waals surface area (Å²) in [4.78, 5) is 52.7. The van der Waals surface area contributed by atoms with Crippen LogP contribution < -0.4 is 0 Å². The van der Waals surface area contributed by atoms with Gasteiger partial charge >= 0.3 is 5.97 Å². The van der Waals surface area contributed by atoms with E-state index in [0.29, 0.717) is 24.8 Å². The van der Waals surface area contributed by atoms with E-state index in [9.17, 15) is 34.7 Å². The summed E-state index contributed by atoms with van der Waals surface area (Å²) in [5, 5.41) is 32.7. The number of Topliss-reactive ketones (excluding diaryl/α,β-unsaturated/α-hetero) is 1. The Morgan fingerprint density at radius 2 is 1.85 bits per heavy atom. The molecular formula is C29H35NO9. The summed E-state index contributed by atoms with van der Waals surface area (Å²) < 4.78 is 5.27. The van der Waals surface area contributed by atoms with E-state index in [1.807, 2.05) is 6.92 Å². The Labute approximate surface area is 226 Å². The molecule has 2 unspecified atom stereocenters. The molecule has 5 rings (SSSR count). The Morgan fingerprint density at radius 1 is 1.13 bits per heavy atom. The van der Waals surface area contributed by atoms with Crippen LogP contribution in [0.3, 0.4) is 0 Å². The first kappa shape index (κ1) is 27.5. The van der Waals surface area contributed by atoms with Gasteiger partial charge in [0.05, 0.1) is 11.7 Å². The Hall–Kier alpha value is -3.11. The van der Waals surface area contributed by atoms with Crippen molar-refractivity contribution in [3.05, 3.63) is 57.2 Å². The molecule has 1 aromatic carbocycles. The monoisotopic (exact) mass is 541 g/mol. The van der Waals surface area contributed by atoms with E-state index in [1.54, 1.807) is 6.08 Å². The molecule has 2 N–H and O–H groups in total. The molecule has 4 aliphatic carbocycles. The van der Waals surface area contributed by atoms with Gasteiger partial charge in [-0.25, -0.2) is 4.79 Å². The molecular weight excluding hydrogens is 506 g/mol. The zero-order valence-corrected chi connectivity index (χ0v) is 22.3. The van der Waals surface area contributed by atoms with Crippen molar-refractivity contribution in [3.63, 3.8) is 0 Å². The third-order valence-electron chi connectivity index (χ3n) is 10.4. The first-order valence-electron chi connectivity index (χ1n) is 13.6. The number of rotatable bonds is 7. The van der Waals surface area contributed by atoms with Gasteiger partial charge in [-0.2, -0.15) is 0 Å². The molecule has 3 fully saturated rings. The van der Waals surface area contributed by atoms with E-state index in [4.69, 9.17) is 4.74 Å². The standard InChI is InChI=1S/C29H35NO9/c1-27-11-9-20(31)13-19(27)7-8-21-22-10-12-29(35,28(22,2)14-23(32)25(21)27)24(33)16-38-26(34)18-5-3-17(4-6-18)15-39-30(36)37/h3-6,13,21-23,25,32,35H,7-12,14-16H2,1-2H3/t21-,22?,23-,25?,27-,28-,29-/m0/s1. The van der Waals surface area contributed by atoms with Crippen molar-refractivity contribution in [2.75, 3.05) is 6.61 Å². The predicted molar refractivity (Wildman–Crippen MR) is 137 cm³/mol. The molecule has 4 aliphatic rings. The van der Waals surface area contributed by atoms with Crippen LogP contribution >= 0.6 is 0 Å². The van der Waals surface area contributed by atoms with Gasteiger partial charge in [0.25, 0.3) is 5.09 Å². The summed E-state index contributed by atoms with van der Waals surface area (Å²) in [5.74, 6) is -1.06. The zero-order valence-electron chi connectivity index (χ0n) is 22.3. The van der Waals surface area contributed by atoms with Gasteiger partial charge in [0.15, 0.2) is 12.4 Å². The number of carbonyl (C=O) groups is 3. The number of hydrogen-bond acceptors (Lipinski definition) is 9. The number of aliphatic hydroxyl groups is 2. The van der Waals surface area contributed by atoms with E-state index in [2.05, 4.69) is 11.8 Å². The van der Waals surface area contributed by atoms with Crippen LogP contribution in [0.25, 0.3) is 0 Å². The lowest BCUT2D eigenvalue weighted by atomic mass is 9.45. The normalized spacial score (nSPS) is 37.1. The summed E-state index contributed by atoms with van der Waals surface area (Å²) in [6, 6.07) is 5.84. The van der Waals surface area contributed by atoms with Crippen LogP contribution in [0.15, 0.2) is 35.9 Å². The van der Waals surface area contributed by atoms with Crippen molar-refractivity contribution in [1.82, 2.24) is 0 Å². The van der Waals surface area contributed by atoms with Gasteiger partial charge in [0, 0.05) is 11.8 Å². The number of ketones is 2. The maximum Gasteiger partial charge on any atom is 0.338 e. The highest BCUT2D eigenvalue weighted by atomic mass is 16.9. The number of benzene rings is 1. The Balaban J connectivity index is 1.28. The first-order valence-corrected chi connectivity index (χ1v) is 13.6. The van der Waals surface area contributed by atoms with Gasteiger partial charge in [-0.15, -0.1) is 10.1 Å². The van der Waals surface area contributed by atoms with E-state index < -0.39 is 40.6 Å². The van der Waals surface area contributed by atoms with E-state index in [1.165, 1.54) is 24.3 Å². The number of fused-ring (bicyclic) bond motifs is 5. The Kier molecular flexibility index (Phi) is 6.91. The second kappa shape index (κ2) is 9.82. The molecule has 0 saturated heterocycles. The van der Waals surface area contributed by atoms with Gasteiger partial charge in [-0.1, -0.05) is 31.6 Å². The van der Waals surface area contributed by atoms with Gasteiger partial charge < -0.3 is 19.8 Å². The van der Waals surface area contributed by atoms with Gasteiger partial charge in [0.1, 0.15) is 12.2 Å². The van der Waals surface area contributed by atoms with E-state index in [-0.39, 0.29) is 54.0 Å². The number of allylic oxidation sites excluding steroid dienone is 1. The Bertz CT molecular complexity index is 1230. The highest BCUT2D eigenvalue weighted by molar-refractivity contribution is 5.94. The van der Waals surface area contributed by atoms with Crippen molar-refractivity contribution in [2.45, 2.75) is 77.1 Å². The van der Waals surface area contributed by atoms with Crippen LogP contribution in [0.4, 0.5) is 0 Å². The zero-order chi connectivity index (χ0) is 28.2. The average Bonchev–Trinajstić information content (AvgIpc) is 3.17. The molecule has 0 aliphatic heterocycles. The summed E-state index contributed by atoms with van der Waals surface area (Å²) in [6.45, 7) is 3.19. The van der Waals surface area contributed by atoms with Crippen LogP contribution in [0.2, 0.25) is 0 Å². The summed E-state index contributed by atoms with van der Waals surface area (Å²) >= 11 is 0. The molecule has 10 heteroatoms. The summed E-state index contributed by atoms with van der Waals surface area (Å²) in [5.41, 5.74) is -1.08. The molecule has 10 nitrogen and oxygen atoms in total. The maximum atomic E-state index is 13.4. The highest BCUT2D eigenvalue weighted by Crippen LogP contribution is 2.67. The largest absolute Gasteiger partial charge is 0.454 e. The lowest BCUT2D eigenvalue weighted by molar-refractivity contribution is -0.763. The molecule has 0 bridgehead atoms. The van der Waals surface area contributed by atoms with Gasteiger partial charge in [-0.3, -0.25) is 9.59 Å². The third kappa shape index (κ3) is 4.47. The van der Waals surface area contributed by atoms with Gasteiger partial charge in [0.2, 0.25) is 5.78 Å². The molecule has 0 heterocycles. The van der Waals surface area contributed by atoms with Crippen LogP contribution in [0.1, 0.15) is 74.7 Å². The fraction of sp³-hybridized carbons (Fsp3) is 0.621. The van der Waals surface area contributed by atoms with Crippen molar-refractivity contribution in [2.24, 2.45) is 28.6 Å². The van der Waals surface area contributed by atoms with Crippen LogP contribution in [-0.2, 0) is 25.8 Å². The van der Waals surface area contributed by atoms with Crippen LogP contribution in [-0.4, -0.2) is 51.1 Å². The number of hydrogen-bond donors (Lipinski definition) is 2. The third-order valence-corrected chi connectivity index (χ3v) is 10.4. The second-order valence-corrected chi connectivity index (χ2v) is 12.2. The first-order chi connectivity index (χ1) is 18.4. The van der Waals surface area contributed by atoms with Crippen molar-refractivity contribution < 1.29 is 39.3 Å². The van der Waals surface area contributed by atoms with E-state index in [0.717, 1.165) is 18.4 Å². The number of esters is 1. The molecule has 3 saturated carbocycles. The predicted octanol–water partition coefficient (Wildman–Crippen LogP) is 3.35. The average molecular weight is 542 g/mol. The minimum absolute atomic E-state index is 0.0282. The van der Waals surface area contributed by atoms with Crippen molar-refractivity contribution in [3.8, 4) is 0 Å². The lowest BCUT2D eigenvalue weighted by Gasteiger charge is -2.60. The summed E-state index contributed by atoms with van der Waals surface area (Å²) in [7, 11) is 0. The smallest absolute Gasteiger partial charge is 0.338 e. The molecule has 39 heavy (non-hydrogen) atoms. The fourth-order valence-electron chi connectivity index (χ4n) is 8.35. The minimum atomic E-state index is -1.73. The number of ether oxygens (including phenoxy) is 1. The topological polar surface area (TPSA) is 153 Å². The number of aliphatic hydroxyl groups excluding tert-OH is 1. The lowest BCUT2D eigenvalue weighted by Crippen LogP contribution is -2.62. The van der Waals surface area contributed by atoms with Crippen LogP contribution in [0.5, 0.6) is 0 Å². The molecule has 7 atom stereocenters. The van der Waals surface area contributed by atoms with Crippen molar-refractivity contribution >= 4 is 17.5 Å². The van der Waals surface area contributed by atoms with Crippen LogP contribution in [0, 0.1) is 38.7 Å².